The Morgan fingerprint density at radius 2 is 0.615 bits per heavy atom. The molecule has 0 aliphatic heterocycles. The minimum absolute atomic E-state index is 0.0528. The predicted octanol–water partition coefficient (Wildman–Crippen LogP) is 25.5. The number of anilines is 2. The van der Waals surface area contributed by atoms with Gasteiger partial charge in [0, 0.05) is 27.4 Å². The Balaban J connectivity index is 0.729. The number of phenolic OH excluding ortho intramolecular Hbond substituents is 1. The summed E-state index contributed by atoms with van der Waals surface area (Å²) >= 11 is 0. The highest BCUT2D eigenvalue weighted by molar-refractivity contribution is 5.98. The van der Waals surface area contributed by atoms with Crippen molar-refractivity contribution in [3.8, 4) is 106 Å². The lowest BCUT2D eigenvalue weighted by atomic mass is 9.70. The maximum atomic E-state index is 12.0. The molecule has 2 nitrogen and oxygen atoms in total. The van der Waals surface area contributed by atoms with Gasteiger partial charge in [-0.1, -0.05) is 301 Å². The van der Waals surface area contributed by atoms with Gasteiger partial charge in [0.15, 0.2) is 0 Å². The van der Waals surface area contributed by atoms with Crippen LogP contribution in [0.15, 0.2) is 237 Å². The number of phenols is 1. The minimum atomic E-state index is -0.251. The van der Waals surface area contributed by atoms with Crippen molar-refractivity contribution in [2.24, 2.45) is 0 Å². The van der Waals surface area contributed by atoms with E-state index in [0.29, 0.717) is 5.69 Å². The number of rotatable bonds is 22. The second kappa shape index (κ2) is 25.0. The lowest BCUT2D eigenvalue weighted by Crippen LogP contribution is -2.25. The van der Waals surface area contributed by atoms with Gasteiger partial charge in [-0.3, -0.25) is 0 Å². The molecule has 0 amide bonds. The number of unbranched alkanes of at least 4 members (excludes halogenated alkanes) is 10. The molecular formula is C89H87NO. The third kappa shape index (κ3) is 11.0. The van der Waals surface area contributed by atoms with Gasteiger partial charge in [-0.15, -0.1) is 0 Å². The van der Waals surface area contributed by atoms with E-state index >= 15 is 0 Å². The third-order valence-corrected chi connectivity index (χ3v) is 21.2. The fourth-order valence-electron chi connectivity index (χ4n) is 16.1. The van der Waals surface area contributed by atoms with Crippen molar-refractivity contribution in [2.75, 3.05) is 5.32 Å². The zero-order valence-electron chi connectivity index (χ0n) is 54.4. The first-order valence-electron chi connectivity index (χ1n) is 34.2. The van der Waals surface area contributed by atoms with E-state index < -0.39 is 0 Å². The highest BCUT2D eigenvalue weighted by Crippen LogP contribution is 2.57. The molecule has 0 heterocycles. The van der Waals surface area contributed by atoms with Crippen molar-refractivity contribution in [3.63, 3.8) is 0 Å². The van der Waals surface area contributed by atoms with Crippen LogP contribution in [0.5, 0.6) is 5.75 Å². The molecule has 0 spiro atoms. The van der Waals surface area contributed by atoms with Crippen LogP contribution in [0.3, 0.4) is 0 Å². The van der Waals surface area contributed by atoms with Gasteiger partial charge in [-0.2, -0.15) is 0 Å². The number of hydrogen-bond acceptors (Lipinski definition) is 2. The average Bonchev–Trinajstić information content (AvgIpc) is 1.61. The van der Waals surface area contributed by atoms with Gasteiger partial charge >= 0.3 is 0 Å². The van der Waals surface area contributed by atoms with Crippen LogP contribution >= 0.6 is 0 Å². The summed E-state index contributed by atoms with van der Waals surface area (Å²) in [6.45, 7) is 14.3. The summed E-state index contributed by atoms with van der Waals surface area (Å²) in [5, 5.41) is 15.8. The smallest absolute Gasteiger partial charge is 0.139 e. The monoisotopic (exact) mass is 1190 g/mol. The van der Waals surface area contributed by atoms with Gasteiger partial charge in [0.25, 0.3) is 0 Å². The topological polar surface area (TPSA) is 32.3 Å². The van der Waals surface area contributed by atoms with E-state index in [9.17, 15) is 5.11 Å². The van der Waals surface area contributed by atoms with Crippen LogP contribution in [-0.2, 0) is 16.2 Å². The van der Waals surface area contributed by atoms with E-state index in [1.165, 1.54) is 168 Å². The highest BCUT2D eigenvalue weighted by Gasteiger charge is 2.43. The fraction of sp³-hybridized carbons (Fsp3) is 0.258. The molecule has 0 fully saturated rings. The first kappa shape index (κ1) is 59.6. The van der Waals surface area contributed by atoms with Gasteiger partial charge in [-0.25, -0.2) is 0 Å². The van der Waals surface area contributed by atoms with E-state index in [4.69, 9.17) is 0 Å². The maximum absolute atomic E-state index is 12.0. The molecule has 14 rings (SSSR count). The van der Waals surface area contributed by atoms with Gasteiger partial charge < -0.3 is 10.4 Å². The van der Waals surface area contributed by atoms with Crippen molar-refractivity contribution < 1.29 is 5.11 Å². The Kier molecular flexibility index (Phi) is 16.4. The lowest BCUT2D eigenvalue weighted by Gasteiger charge is -2.33. The third-order valence-electron chi connectivity index (χ3n) is 21.2. The lowest BCUT2D eigenvalue weighted by molar-refractivity contribution is 0.398. The molecule has 2 heteroatoms. The summed E-state index contributed by atoms with van der Waals surface area (Å²) in [6, 6.07) is 87.9. The number of nitrogens with one attached hydrogen (secondary N) is 1. The molecule has 2 N–H and O–H groups in total. The van der Waals surface area contributed by atoms with Crippen LogP contribution in [0, 0.1) is 0 Å². The zero-order chi connectivity index (χ0) is 62.3. The Labute approximate surface area is 542 Å². The summed E-state index contributed by atoms with van der Waals surface area (Å²) in [5.74, 6) is 0.195. The van der Waals surface area contributed by atoms with Crippen molar-refractivity contribution in [2.45, 2.75) is 148 Å². The summed E-state index contributed by atoms with van der Waals surface area (Å²) in [7, 11) is 0. The van der Waals surface area contributed by atoms with E-state index in [0.717, 1.165) is 50.2 Å². The Hall–Kier alpha value is -8.98. The van der Waals surface area contributed by atoms with E-state index in [1.54, 1.807) is 11.1 Å². The Morgan fingerprint density at radius 1 is 0.275 bits per heavy atom. The first-order valence-corrected chi connectivity index (χ1v) is 34.2. The van der Waals surface area contributed by atoms with E-state index in [1.807, 2.05) is 12.1 Å². The highest BCUT2D eigenvalue weighted by atomic mass is 16.3. The van der Waals surface area contributed by atoms with Crippen LogP contribution in [0.2, 0.25) is 0 Å². The van der Waals surface area contributed by atoms with Gasteiger partial charge in [0.1, 0.15) is 5.75 Å². The molecule has 0 bridgehead atoms. The zero-order valence-corrected chi connectivity index (χ0v) is 54.4. The molecule has 0 radical (unpaired) electrons. The van der Waals surface area contributed by atoms with Crippen LogP contribution < -0.4 is 5.32 Å². The summed E-state index contributed by atoms with van der Waals surface area (Å²) in [4.78, 5) is 0. The molecule has 11 aromatic rings. The summed E-state index contributed by atoms with van der Waals surface area (Å²) < 4.78 is 0. The molecule has 3 aliphatic rings. The van der Waals surface area contributed by atoms with Crippen LogP contribution in [0.1, 0.15) is 165 Å². The van der Waals surface area contributed by atoms with Crippen molar-refractivity contribution in [3.05, 3.63) is 270 Å². The fourth-order valence-corrected chi connectivity index (χ4v) is 16.1. The number of benzene rings is 11. The second-order valence-corrected chi connectivity index (χ2v) is 27.6. The van der Waals surface area contributed by atoms with E-state index in [-0.39, 0.29) is 22.0 Å². The van der Waals surface area contributed by atoms with E-state index in [2.05, 4.69) is 271 Å². The molecule has 454 valence electrons. The van der Waals surface area contributed by atoms with Crippen molar-refractivity contribution in [1.29, 1.82) is 0 Å². The largest absolute Gasteiger partial charge is 0.506 e. The Bertz CT molecular complexity index is 4390. The second-order valence-electron chi connectivity index (χ2n) is 27.6. The molecule has 3 aliphatic carbocycles. The van der Waals surface area contributed by atoms with Crippen LogP contribution in [0.25, 0.3) is 100 Å². The molecule has 91 heavy (non-hydrogen) atoms. The number of aromatic hydroxyl groups is 1. The summed E-state index contributed by atoms with van der Waals surface area (Å²) in [5.41, 5.74) is 31.8. The average molecular weight is 1190 g/mol. The summed E-state index contributed by atoms with van der Waals surface area (Å²) in [6.07, 6.45) is 18.4. The molecule has 0 unspecified atom stereocenters. The maximum Gasteiger partial charge on any atom is 0.139 e. The minimum Gasteiger partial charge on any atom is -0.506 e. The van der Waals surface area contributed by atoms with Gasteiger partial charge in [-0.05, 0) is 190 Å². The molecule has 0 aromatic heterocycles. The molecule has 0 saturated heterocycles. The molecule has 11 aromatic carbocycles. The first-order chi connectivity index (χ1) is 44.4. The van der Waals surface area contributed by atoms with Crippen molar-refractivity contribution >= 4 is 11.4 Å². The molecular weight excluding hydrogens is 1100 g/mol. The number of fused-ring (bicyclic) bond motifs is 9. The van der Waals surface area contributed by atoms with Gasteiger partial charge in [0.05, 0.1) is 11.4 Å². The van der Waals surface area contributed by atoms with Crippen LogP contribution in [-0.4, -0.2) is 5.11 Å². The predicted molar refractivity (Wildman–Crippen MR) is 388 cm³/mol. The molecule has 0 saturated carbocycles. The van der Waals surface area contributed by atoms with Crippen molar-refractivity contribution in [1.82, 2.24) is 0 Å². The molecule has 0 atom stereocenters. The SMILES string of the molecule is CCCCCCCCC1(CCCCCCCC)c2ccccc2-c2ccc(-c3ccc4c(c3)C(C)(C)c3cc(-c5ccc6c(c5)C(C)(C)c5cc(-c7ccc(Nc8c(-c9ccccc9)cc(-c9ccccc9)cc8-c8ccccc8)c(O)c7)ccc5-6)ccc3-4)cc21. The Morgan fingerprint density at radius 3 is 1.04 bits per heavy atom. The normalized spacial score (nSPS) is 14.1. The number of hydrogen-bond donors (Lipinski definition) is 2. The standard InChI is InChI=1S/C89H87NO/c1-7-9-11-13-15-28-50-89(51-29-16-14-12-10-8-2)78-37-27-26-36-70(78)75-48-42-67(58-83(75)89)65-40-46-73-71-44-38-63(54-79(71)87(3,4)81(73)56-65)64-39-45-72-74-47-41-66(57-82(74)88(5,6)80(72)55-64)68-43-49-84(85(91)59-68)90-86-76(61-32-22-18-23-33-61)52-69(60-30-20-17-21-31-60)53-77(86)62-34-24-19-25-35-62/h17-27,30-49,52-59,90-91H,7-16,28-29,50-51H2,1-6H3. The van der Waals surface area contributed by atoms with Gasteiger partial charge in [0.2, 0.25) is 0 Å². The van der Waals surface area contributed by atoms with Crippen LogP contribution in [0.4, 0.5) is 11.4 Å². The quantitative estimate of drug-likeness (QED) is 0.0524.